The van der Waals surface area contributed by atoms with Crippen molar-refractivity contribution in [3.05, 3.63) is 50.6 Å². The van der Waals surface area contributed by atoms with Crippen molar-refractivity contribution in [3.63, 3.8) is 0 Å². The molecule has 5 nitrogen and oxygen atoms in total. The molecule has 0 unspecified atom stereocenters. The number of fused-ring (bicyclic) bond motifs is 3. The molecule has 0 aliphatic heterocycles. The van der Waals surface area contributed by atoms with Crippen LogP contribution in [0, 0.1) is 6.92 Å². The molecule has 0 amide bonds. The Morgan fingerprint density at radius 1 is 1.30 bits per heavy atom. The lowest BCUT2D eigenvalue weighted by atomic mass is 10.2. The minimum atomic E-state index is -0.456. The van der Waals surface area contributed by atoms with Gasteiger partial charge in [-0.2, -0.15) is 0 Å². The van der Waals surface area contributed by atoms with Crippen LogP contribution in [0.5, 0.6) is 0 Å². The van der Waals surface area contributed by atoms with Gasteiger partial charge in [-0.1, -0.05) is 29.5 Å². The quantitative estimate of drug-likeness (QED) is 0.378. The van der Waals surface area contributed by atoms with Crippen molar-refractivity contribution in [1.82, 2.24) is 9.55 Å². The summed E-state index contributed by atoms with van der Waals surface area (Å²) >= 11 is 2.86. The van der Waals surface area contributed by atoms with E-state index in [0.717, 1.165) is 46.3 Å². The Morgan fingerprint density at radius 2 is 2.04 bits per heavy atom. The lowest BCUT2D eigenvalue weighted by Gasteiger charge is -2.15. The monoisotopic (exact) mass is 400 g/mol. The molecule has 0 N–H and O–H groups in total. The number of hydrogen-bond donors (Lipinski definition) is 0. The Bertz CT molecular complexity index is 1080. The maximum absolute atomic E-state index is 13.5. The minimum Gasteiger partial charge on any atom is -0.468 e. The Labute approximate surface area is 165 Å². The zero-order valence-corrected chi connectivity index (χ0v) is 17.1. The number of aromatic nitrogens is 2. The van der Waals surface area contributed by atoms with Crippen LogP contribution in [-0.2, 0) is 22.4 Å². The van der Waals surface area contributed by atoms with Gasteiger partial charge in [0.2, 0.25) is 0 Å². The third-order valence-corrected chi connectivity index (χ3v) is 7.03. The molecule has 0 fully saturated rings. The second-order valence-corrected chi connectivity index (χ2v) is 9.08. The van der Waals surface area contributed by atoms with Crippen LogP contribution in [0.15, 0.2) is 34.2 Å². The van der Waals surface area contributed by atoms with Crippen LogP contribution >= 0.6 is 23.1 Å². The first-order valence-electron chi connectivity index (χ1n) is 8.88. The Morgan fingerprint density at radius 3 is 2.74 bits per heavy atom. The van der Waals surface area contributed by atoms with Crippen LogP contribution < -0.4 is 5.56 Å². The number of rotatable bonds is 4. The molecule has 0 spiro atoms. The summed E-state index contributed by atoms with van der Waals surface area (Å²) in [6, 6.07) is 7.79. The van der Waals surface area contributed by atoms with E-state index in [0.29, 0.717) is 5.16 Å². The molecule has 0 saturated heterocycles. The number of benzene rings is 1. The second kappa shape index (κ2) is 7.13. The fourth-order valence-electron chi connectivity index (χ4n) is 3.40. The highest BCUT2D eigenvalue weighted by atomic mass is 32.2. The third-order valence-electron chi connectivity index (χ3n) is 4.82. The molecule has 0 saturated carbocycles. The minimum absolute atomic E-state index is 0.0529. The molecule has 4 rings (SSSR count). The van der Waals surface area contributed by atoms with Crippen LogP contribution in [-0.4, -0.2) is 27.9 Å². The van der Waals surface area contributed by atoms with Crippen LogP contribution in [0.3, 0.4) is 0 Å². The number of nitrogens with zero attached hydrogens (tertiary/aromatic N) is 2. The number of ether oxygens (including phenoxy) is 1. The molecule has 1 aliphatic carbocycles. The number of hydrogen-bond acceptors (Lipinski definition) is 6. The van der Waals surface area contributed by atoms with Crippen LogP contribution in [0.25, 0.3) is 15.9 Å². The van der Waals surface area contributed by atoms with Gasteiger partial charge in [-0.25, -0.2) is 4.98 Å². The van der Waals surface area contributed by atoms with Crippen LogP contribution in [0.1, 0.15) is 29.3 Å². The van der Waals surface area contributed by atoms with E-state index >= 15 is 0 Å². The molecule has 27 heavy (non-hydrogen) atoms. The molecule has 2 aromatic heterocycles. The van der Waals surface area contributed by atoms with E-state index in [9.17, 15) is 9.59 Å². The Balaban J connectivity index is 1.94. The number of thioether (sulfide) groups is 1. The van der Waals surface area contributed by atoms with E-state index in [-0.39, 0.29) is 11.5 Å². The maximum Gasteiger partial charge on any atom is 0.318 e. The smallest absolute Gasteiger partial charge is 0.318 e. The van der Waals surface area contributed by atoms with Crippen LogP contribution in [0.4, 0.5) is 0 Å². The van der Waals surface area contributed by atoms with E-state index in [4.69, 9.17) is 9.72 Å². The summed E-state index contributed by atoms with van der Waals surface area (Å²) < 4.78 is 6.48. The van der Waals surface area contributed by atoms with Gasteiger partial charge >= 0.3 is 5.97 Å². The van der Waals surface area contributed by atoms with Crippen molar-refractivity contribution in [2.75, 3.05) is 7.11 Å². The highest BCUT2D eigenvalue weighted by Gasteiger charge is 2.25. The number of carbonyl (C=O) groups excluding carboxylic acids is 1. The SMILES string of the molecule is COC(=O)[C@@H](C)Sc1nc2sc3c(c2c(=O)n1-c1ccc(C)cc1)CCC3. The molecule has 0 radical (unpaired) electrons. The van der Waals surface area contributed by atoms with Gasteiger partial charge in [0.1, 0.15) is 10.1 Å². The first kappa shape index (κ1) is 18.3. The predicted molar refractivity (Wildman–Crippen MR) is 109 cm³/mol. The van der Waals surface area contributed by atoms with Gasteiger partial charge in [0.25, 0.3) is 5.56 Å². The van der Waals surface area contributed by atoms with Crippen molar-refractivity contribution in [3.8, 4) is 5.69 Å². The van der Waals surface area contributed by atoms with E-state index < -0.39 is 5.25 Å². The highest BCUT2D eigenvalue weighted by molar-refractivity contribution is 8.00. The summed E-state index contributed by atoms with van der Waals surface area (Å²) in [5.74, 6) is -0.335. The zero-order chi connectivity index (χ0) is 19.1. The summed E-state index contributed by atoms with van der Waals surface area (Å²) in [5, 5.41) is 0.806. The lowest BCUT2D eigenvalue weighted by Crippen LogP contribution is -2.24. The van der Waals surface area contributed by atoms with Gasteiger partial charge in [0.05, 0.1) is 18.2 Å². The summed E-state index contributed by atoms with van der Waals surface area (Å²) in [6.45, 7) is 3.77. The van der Waals surface area contributed by atoms with E-state index in [2.05, 4.69) is 0 Å². The van der Waals surface area contributed by atoms with Crippen molar-refractivity contribution < 1.29 is 9.53 Å². The molecular weight excluding hydrogens is 380 g/mol. The maximum atomic E-state index is 13.5. The van der Waals surface area contributed by atoms with Crippen molar-refractivity contribution in [2.24, 2.45) is 0 Å². The predicted octanol–water partition coefficient (Wildman–Crippen LogP) is 3.90. The number of carbonyl (C=O) groups is 1. The first-order chi connectivity index (χ1) is 13.0. The van der Waals surface area contributed by atoms with Gasteiger partial charge in [-0.15, -0.1) is 11.3 Å². The van der Waals surface area contributed by atoms with Crippen LogP contribution in [0.2, 0.25) is 0 Å². The van der Waals surface area contributed by atoms with Gasteiger partial charge in [-0.05, 0) is 50.8 Å². The van der Waals surface area contributed by atoms with Crippen molar-refractivity contribution in [1.29, 1.82) is 0 Å². The van der Waals surface area contributed by atoms with Gasteiger partial charge in [0, 0.05) is 4.88 Å². The topological polar surface area (TPSA) is 61.2 Å². The molecule has 0 bridgehead atoms. The second-order valence-electron chi connectivity index (χ2n) is 6.69. The van der Waals surface area contributed by atoms with Gasteiger partial charge < -0.3 is 4.74 Å². The number of methoxy groups -OCH3 is 1. The summed E-state index contributed by atoms with van der Waals surface area (Å²) in [4.78, 5) is 32.2. The molecule has 1 aromatic carbocycles. The molecule has 2 heterocycles. The summed E-state index contributed by atoms with van der Waals surface area (Å²) in [6.07, 6.45) is 3.05. The number of aryl methyl sites for hydroxylation is 3. The first-order valence-corrected chi connectivity index (χ1v) is 10.6. The van der Waals surface area contributed by atoms with Crippen molar-refractivity contribution in [2.45, 2.75) is 43.5 Å². The normalized spacial score (nSPS) is 14.3. The fraction of sp³-hybridized carbons (Fsp3) is 0.350. The summed E-state index contributed by atoms with van der Waals surface area (Å²) in [5.41, 5.74) is 2.99. The van der Waals surface area contributed by atoms with E-state index in [1.54, 1.807) is 22.8 Å². The Kier molecular flexibility index (Phi) is 4.82. The standard InChI is InChI=1S/C20H20N2O3S2/c1-11-7-9-13(10-8-11)22-18(23)16-14-5-4-6-15(14)27-17(16)21-20(22)26-12(2)19(24)25-3/h7-10,12H,4-6H2,1-3H3/t12-/m1/s1. The average molecular weight is 401 g/mol. The number of esters is 1. The lowest BCUT2D eigenvalue weighted by molar-refractivity contribution is -0.139. The highest BCUT2D eigenvalue weighted by Crippen LogP contribution is 2.36. The molecule has 1 aliphatic rings. The Hall–Kier alpha value is -2.12. The number of thiophene rings is 1. The third kappa shape index (κ3) is 3.19. The largest absolute Gasteiger partial charge is 0.468 e. The molecule has 3 aromatic rings. The van der Waals surface area contributed by atoms with E-state index in [1.165, 1.54) is 23.7 Å². The summed E-state index contributed by atoms with van der Waals surface area (Å²) in [7, 11) is 1.37. The molecular formula is C20H20N2O3S2. The van der Waals surface area contributed by atoms with E-state index in [1.807, 2.05) is 31.2 Å². The molecule has 1 atom stereocenters. The zero-order valence-electron chi connectivity index (χ0n) is 15.4. The molecule has 7 heteroatoms. The molecule has 140 valence electrons. The van der Waals surface area contributed by atoms with Gasteiger partial charge in [0.15, 0.2) is 5.16 Å². The van der Waals surface area contributed by atoms with Crippen molar-refractivity contribution >= 4 is 39.3 Å². The van der Waals surface area contributed by atoms with Gasteiger partial charge in [-0.3, -0.25) is 14.2 Å². The fourth-order valence-corrected chi connectivity index (χ4v) is 5.65. The average Bonchev–Trinajstić information content (AvgIpc) is 3.23.